The first-order valence-corrected chi connectivity index (χ1v) is 11.6. The van der Waals surface area contributed by atoms with Gasteiger partial charge in [-0.1, -0.05) is 55.4 Å². The van der Waals surface area contributed by atoms with Crippen LogP contribution in [0.3, 0.4) is 0 Å². The maximum atomic E-state index is 10.0. The molecule has 2 aliphatic heterocycles. The number of nitrogens with zero attached hydrogens (tertiary/aromatic N) is 2. The molecule has 0 spiro atoms. The predicted octanol–water partition coefficient (Wildman–Crippen LogP) is 6.49. The van der Waals surface area contributed by atoms with Crippen LogP contribution in [-0.2, 0) is 35.3 Å². The van der Waals surface area contributed by atoms with Gasteiger partial charge in [-0.05, 0) is 49.7 Å². The van der Waals surface area contributed by atoms with E-state index in [1.807, 2.05) is 47.6 Å². The van der Waals surface area contributed by atoms with Gasteiger partial charge in [0.2, 0.25) is 0 Å². The van der Waals surface area contributed by atoms with Crippen molar-refractivity contribution >= 4 is 5.78 Å². The summed E-state index contributed by atoms with van der Waals surface area (Å²) in [6, 6.07) is 4.09. The van der Waals surface area contributed by atoms with E-state index in [1.54, 1.807) is 0 Å². The molecule has 6 heteroatoms. The molecule has 2 fully saturated rings. The molecule has 2 heterocycles. The molecule has 0 amide bonds. The number of Topliss-reactive ketones (excluding diaryl/α,β-unsaturated/α-hetero) is 1. The fourth-order valence-electron chi connectivity index (χ4n) is 1.55. The minimum Gasteiger partial charge on any atom is -0.381 e. The summed E-state index contributed by atoms with van der Waals surface area (Å²) in [4.78, 5) is 10.0. The van der Waals surface area contributed by atoms with Gasteiger partial charge in [-0.15, -0.1) is 0 Å². The van der Waals surface area contributed by atoms with Crippen molar-refractivity contribution in [3.8, 4) is 12.1 Å². The molecule has 0 aliphatic carbocycles. The van der Waals surface area contributed by atoms with E-state index in [0.717, 1.165) is 37.6 Å². The molecule has 2 rings (SSSR count). The average Bonchev–Trinajstić information content (AvgIpc) is 3.38. The van der Waals surface area contributed by atoms with Gasteiger partial charge in [-0.3, -0.25) is 0 Å². The monoisotopic (exact) mass is 621 g/mol. The molecule has 2 saturated heterocycles. The van der Waals surface area contributed by atoms with Gasteiger partial charge in [0.25, 0.3) is 0 Å². The van der Waals surface area contributed by atoms with Crippen molar-refractivity contribution in [2.24, 2.45) is 35.5 Å². The van der Waals surface area contributed by atoms with E-state index in [4.69, 9.17) is 20.0 Å². The summed E-state index contributed by atoms with van der Waals surface area (Å²) in [7, 11) is 0. The number of rotatable bonds is 5. The molecule has 0 radical (unpaired) electrons. The zero-order chi connectivity index (χ0) is 25.0. The van der Waals surface area contributed by atoms with Crippen LogP contribution in [0.25, 0.3) is 0 Å². The van der Waals surface area contributed by atoms with Crippen LogP contribution in [0.15, 0.2) is 0 Å². The van der Waals surface area contributed by atoms with Gasteiger partial charge >= 0.3 is 0 Å². The number of hydrogen-bond donors (Lipinski definition) is 0. The Morgan fingerprint density at radius 3 is 1.38 bits per heavy atom. The van der Waals surface area contributed by atoms with Crippen molar-refractivity contribution in [1.29, 1.82) is 10.5 Å². The molecule has 0 aromatic heterocycles. The molecule has 0 saturated carbocycles. The Balaban J connectivity index is -0.000000153. The van der Waals surface area contributed by atoms with E-state index >= 15 is 0 Å². The molecule has 1 atom stereocenters. The second kappa shape index (κ2) is 24.8. The van der Waals surface area contributed by atoms with Gasteiger partial charge in [0.1, 0.15) is 0 Å². The Kier molecular flexibility index (Phi) is 29.7. The van der Waals surface area contributed by atoms with Crippen molar-refractivity contribution in [3.05, 3.63) is 6.92 Å². The SMILES string of the molecule is CC(C)C#N.CC(C)C1COC1.CC(C)CC#N.CC(C)CC1CO1.[CH2-]C(=O)C(C)C.[W]. The summed E-state index contributed by atoms with van der Waals surface area (Å²) >= 11 is 0. The zero-order valence-corrected chi connectivity index (χ0v) is 25.2. The zero-order valence-electron chi connectivity index (χ0n) is 22.3. The number of ether oxygens (including phenoxy) is 2. The Morgan fingerprint density at radius 2 is 1.34 bits per heavy atom. The van der Waals surface area contributed by atoms with E-state index < -0.39 is 0 Å². The quantitative estimate of drug-likeness (QED) is 0.259. The Morgan fingerprint density at radius 1 is 0.938 bits per heavy atom. The Bertz CT molecular complexity index is 498. The molecule has 5 nitrogen and oxygen atoms in total. The summed E-state index contributed by atoms with van der Waals surface area (Å²) in [6.45, 7) is 26.6. The van der Waals surface area contributed by atoms with Crippen molar-refractivity contribution in [1.82, 2.24) is 0 Å². The number of ketones is 1. The first-order valence-electron chi connectivity index (χ1n) is 11.6. The van der Waals surface area contributed by atoms with E-state index in [1.165, 1.54) is 6.42 Å². The fraction of sp³-hybridized carbons (Fsp3) is 0.846. The first-order chi connectivity index (χ1) is 14.3. The molecule has 2 aliphatic rings. The summed E-state index contributed by atoms with van der Waals surface area (Å²) in [5.74, 6) is 3.34. The molecular weight excluding hydrogens is 572 g/mol. The molecule has 32 heavy (non-hydrogen) atoms. The van der Waals surface area contributed by atoms with Gasteiger partial charge in [-0.25, -0.2) is 0 Å². The predicted molar refractivity (Wildman–Crippen MR) is 129 cm³/mol. The van der Waals surface area contributed by atoms with Crippen LogP contribution in [0, 0.1) is 65.1 Å². The van der Waals surface area contributed by atoms with Crippen LogP contribution in [0.4, 0.5) is 0 Å². The van der Waals surface area contributed by atoms with Gasteiger partial charge in [0, 0.05) is 39.3 Å². The van der Waals surface area contributed by atoms with E-state index in [-0.39, 0.29) is 38.7 Å². The van der Waals surface area contributed by atoms with Gasteiger partial charge in [0.05, 0.1) is 38.1 Å². The smallest absolute Gasteiger partial charge is 0.0812 e. The second-order valence-corrected chi connectivity index (χ2v) is 9.79. The van der Waals surface area contributed by atoms with Crippen LogP contribution < -0.4 is 0 Å². The third-order valence-electron chi connectivity index (χ3n) is 4.15. The fourth-order valence-corrected chi connectivity index (χ4v) is 1.55. The van der Waals surface area contributed by atoms with Crippen molar-refractivity contribution in [2.45, 2.75) is 88.2 Å². The van der Waals surface area contributed by atoms with Crippen LogP contribution in [0.2, 0.25) is 0 Å². The maximum Gasteiger partial charge on any atom is 0.0812 e. The summed E-state index contributed by atoms with van der Waals surface area (Å²) in [6.07, 6.45) is 2.56. The normalized spacial score (nSPS) is 15.7. The number of nitriles is 2. The molecule has 188 valence electrons. The minimum atomic E-state index is 0. The van der Waals surface area contributed by atoms with Gasteiger partial charge in [-0.2, -0.15) is 10.5 Å². The molecule has 0 aromatic rings. The minimum absolute atomic E-state index is 0. The molecule has 0 aromatic carbocycles. The topological polar surface area (TPSA) is 86.4 Å². The van der Waals surface area contributed by atoms with Crippen molar-refractivity contribution < 1.29 is 35.3 Å². The second-order valence-electron chi connectivity index (χ2n) is 9.79. The van der Waals surface area contributed by atoms with E-state index in [9.17, 15) is 4.79 Å². The van der Waals surface area contributed by atoms with Gasteiger partial charge < -0.3 is 21.2 Å². The van der Waals surface area contributed by atoms with E-state index in [0.29, 0.717) is 18.4 Å². The van der Waals surface area contributed by atoms with E-state index in [2.05, 4.69) is 40.7 Å². The number of epoxide rings is 1. The summed E-state index contributed by atoms with van der Waals surface area (Å²) in [5, 5.41) is 15.9. The average molecular weight is 622 g/mol. The van der Waals surface area contributed by atoms with Crippen LogP contribution in [-0.4, -0.2) is 31.7 Å². The third-order valence-corrected chi connectivity index (χ3v) is 4.15. The number of carbonyl (C=O) groups is 1. The molecular formula is C26H49N2O3W-. The van der Waals surface area contributed by atoms with Crippen LogP contribution >= 0.6 is 0 Å². The van der Waals surface area contributed by atoms with Crippen molar-refractivity contribution in [2.75, 3.05) is 19.8 Å². The van der Waals surface area contributed by atoms with Crippen LogP contribution in [0.5, 0.6) is 0 Å². The number of carbonyl (C=O) groups excluding carboxylic acids is 1. The standard InChI is InChI=1S/2C6H12O.C5H9N.C5H9O.C4H7N.W/c1-5(2)6-3-7-4-6;1-5(2)3-6-4-7-6;1-5(2)3-4-6;1-4(2)5(3)6;1-4(2)3-5;/h2*5-6H,3-4H2,1-2H3;5H,3H2,1-2H3;4H,3H2,1-2H3;4H,1-2H3;/q;;;-1;;. The first kappa shape index (κ1) is 38.4. The Labute approximate surface area is 213 Å². The third kappa shape index (κ3) is 36.5. The molecule has 1 unspecified atom stereocenters. The maximum absolute atomic E-state index is 10.0. The summed E-state index contributed by atoms with van der Waals surface area (Å²) < 4.78 is 10.0. The van der Waals surface area contributed by atoms with Crippen LogP contribution in [0.1, 0.15) is 82.1 Å². The largest absolute Gasteiger partial charge is 0.381 e. The van der Waals surface area contributed by atoms with Gasteiger partial charge in [0.15, 0.2) is 0 Å². The van der Waals surface area contributed by atoms with Crippen molar-refractivity contribution in [3.63, 3.8) is 0 Å². The Hall–Kier alpha value is -0.872. The molecule has 0 bridgehead atoms. The number of hydrogen-bond acceptors (Lipinski definition) is 5. The summed E-state index contributed by atoms with van der Waals surface area (Å²) in [5.41, 5.74) is 0. The molecule has 0 N–H and O–H groups in total.